The molecule has 0 unspecified atom stereocenters. The summed E-state index contributed by atoms with van der Waals surface area (Å²) in [5.41, 5.74) is 2.71. The fourth-order valence-electron chi connectivity index (χ4n) is 2.57. The molecule has 1 N–H and O–H groups in total. The van der Waals surface area contributed by atoms with Gasteiger partial charge < -0.3 is 5.32 Å². The molecule has 6 heteroatoms. The SMILES string of the molecule is CS(=O)(=O)N1CC(C(=O)Nc2ccccc2-c2ccccc2)C1. The molecule has 0 bridgehead atoms. The van der Waals surface area contributed by atoms with Gasteiger partial charge in [0.2, 0.25) is 15.9 Å². The van der Waals surface area contributed by atoms with Crippen LogP contribution in [0.3, 0.4) is 0 Å². The van der Waals surface area contributed by atoms with E-state index in [1.807, 2.05) is 54.6 Å². The minimum atomic E-state index is -3.20. The average molecular weight is 330 g/mol. The lowest BCUT2D eigenvalue weighted by Crippen LogP contribution is -2.53. The Morgan fingerprint density at radius 3 is 2.30 bits per heavy atom. The fourth-order valence-corrected chi connectivity index (χ4v) is 3.47. The molecule has 0 radical (unpaired) electrons. The van der Waals surface area contributed by atoms with Crippen molar-refractivity contribution < 1.29 is 13.2 Å². The molecule has 1 fully saturated rings. The highest BCUT2D eigenvalue weighted by Gasteiger charge is 2.37. The average Bonchev–Trinajstić information content (AvgIpc) is 2.45. The highest BCUT2D eigenvalue weighted by atomic mass is 32.2. The van der Waals surface area contributed by atoms with Crippen LogP contribution >= 0.6 is 0 Å². The first kappa shape index (κ1) is 15.7. The Hall–Kier alpha value is -2.18. The Balaban J connectivity index is 1.73. The molecule has 0 spiro atoms. The third-order valence-corrected chi connectivity index (χ3v) is 5.19. The van der Waals surface area contributed by atoms with Gasteiger partial charge in [-0.25, -0.2) is 12.7 Å². The van der Waals surface area contributed by atoms with E-state index in [1.165, 1.54) is 4.31 Å². The number of nitrogens with zero attached hydrogens (tertiary/aromatic N) is 1. The van der Waals surface area contributed by atoms with E-state index in [-0.39, 0.29) is 24.9 Å². The fraction of sp³-hybridized carbons (Fsp3) is 0.235. The first-order valence-electron chi connectivity index (χ1n) is 7.35. The minimum absolute atomic E-state index is 0.145. The zero-order valence-electron chi connectivity index (χ0n) is 12.8. The van der Waals surface area contributed by atoms with Gasteiger partial charge in [-0.15, -0.1) is 0 Å². The van der Waals surface area contributed by atoms with Gasteiger partial charge in [0.1, 0.15) is 0 Å². The standard InChI is InChI=1S/C17H18N2O3S/c1-23(21,22)19-11-14(12-19)17(20)18-16-10-6-5-9-15(16)13-7-3-2-4-8-13/h2-10,14H,11-12H2,1H3,(H,18,20). The van der Waals surface area contributed by atoms with Crippen LogP contribution in [0.5, 0.6) is 0 Å². The maximum atomic E-state index is 12.3. The van der Waals surface area contributed by atoms with Crippen LogP contribution in [-0.4, -0.2) is 38.0 Å². The van der Waals surface area contributed by atoms with Crippen molar-refractivity contribution in [2.45, 2.75) is 0 Å². The second-order valence-corrected chi connectivity index (χ2v) is 7.66. The number of anilines is 1. The molecule has 0 atom stereocenters. The zero-order valence-corrected chi connectivity index (χ0v) is 13.6. The first-order valence-corrected chi connectivity index (χ1v) is 9.20. The van der Waals surface area contributed by atoms with Gasteiger partial charge in [-0.05, 0) is 11.6 Å². The molecule has 3 rings (SSSR count). The molecule has 1 amide bonds. The van der Waals surface area contributed by atoms with Crippen LogP contribution in [0.25, 0.3) is 11.1 Å². The van der Waals surface area contributed by atoms with Crippen molar-refractivity contribution in [1.29, 1.82) is 0 Å². The van der Waals surface area contributed by atoms with Gasteiger partial charge in [0.25, 0.3) is 0 Å². The lowest BCUT2D eigenvalue weighted by atomic mass is 10.0. The summed E-state index contributed by atoms with van der Waals surface area (Å²) in [6.07, 6.45) is 1.16. The van der Waals surface area contributed by atoms with Crippen LogP contribution in [0.15, 0.2) is 54.6 Å². The van der Waals surface area contributed by atoms with Crippen LogP contribution in [0.4, 0.5) is 5.69 Å². The topological polar surface area (TPSA) is 66.5 Å². The van der Waals surface area contributed by atoms with E-state index in [2.05, 4.69) is 5.32 Å². The molecule has 5 nitrogen and oxygen atoms in total. The van der Waals surface area contributed by atoms with Crippen molar-refractivity contribution in [3.8, 4) is 11.1 Å². The number of rotatable bonds is 4. The molecule has 1 aliphatic heterocycles. The summed E-state index contributed by atoms with van der Waals surface area (Å²) in [5, 5.41) is 2.92. The van der Waals surface area contributed by atoms with Gasteiger partial charge >= 0.3 is 0 Å². The summed E-state index contributed by atoms with van der Waals surface area (Å²) in [4.78, 5) is 12.3. The summed E-state index contributed by atoms with van der Waals surface area (Å²) >= 11 is 0. The minimum Gasteiger partial charge on any atom is -0.325 e. The predicted octanol–water partition coefficient (Wildman–Crippen LogP) is 2.18. The molecular weight excluding hydrogens is 312 g/mol. The van der Waals surface area contributed by atoms with Crippen molar-refractivity contribution in [2.75, 3.05) is 24.7 Å². The second kappa shape index (κ2) is 6.14. The number of hydrogen-bond acceptors (Lipinski definition) is 3. The molecule has 1 saturated heterocycles. The number of sulfonamides is 1. The molecule has 2 aromatic rings. The lowest BCUT2D eigenvalue weighted by Gasteiger charge is -2.36. The Bertz CT molecular complexity index is 813. The predicted molar refractivity (Wildman–Crippen MR) is 90.4 cm³/mol. The van der Waals surface area contributed by atoms with Crippen molar-refractivity contribution in [2.24, 2.45) is 5.92 Å². The molecule has 0 saturated carbocycles. The Morgan fingerprint density at radius 1 is 1.04 bits per heavy atom. The normalized spacial score (nSPS) is 15.9. The quantitative estimate of drug-likeness (QED) is 0.934. The van der Waals surface area contributed by atoms with Crippen molar-refractivity contribution >= 4 is 21.6 Å². The highest BCUT2D eigenvalue weighted by Crippen LogP contribution is 2.29. The van der Waals surface area contributed by atoms with Crippen molar-refractivity contribution in [1.82, 2.24) is 4.31 Å². The van der Waals surface area contributed by atoms with E-state index in [0.29, 0.717) is 0 Å². The van der Waals surface area contributed by atoms with Gasteiger partial charge in [-0.2, -0.15) is 0 Å². The largest absolute Gasteiger partial charge is 0.325 e. The second-order valence-electron chi connectivity index (χ2n) is 5.68. The summed E-state index contributed by atoms with van der Waals surface area (Å²) in [6.45, 7) is 0.496. The zero-order chi connectivity index (χ0) is 16.4. The third-order valence-electron chi connectivity index (χ3n) is 3.96. The van der Waals surface area contributed by atoms with E-state index in [0.717, 1.165) is 23.1 Å². The number of benzene rings is 2. The van der Waals surface area contributed by atoms with E-state index < -0.39 is 10.0 Å². The number of para-hydroxylation sites is 1. The van der Waals surface area contributed by atoms with E-state index >= 15 is 0 Å². The monoisotopic (exact) mass is 330 g/mol. The Morgan fingerprint density at radius 2 is 1.65 bits per heavy atom. The van der Waals surface area contributed by atoms with Crippen LogP contribution in [-0.2, 0) is 14.8 Å². The number of carbonyl (C=O) groups excluding carboxylic acids is 1. The van der Waals surface area contributed by atoms with E-state index in [1.54, 1.807) is 0 Å². The van der Waals surface area contributed by atoms with Crippen LogP contribution in [0, 0.1) is 5.92 Å². The Labute approximate surface area is 136 Å². The van der Waals surface area contributed by atoms with Gasteiger partial charge in [0.05, 0.1) is 12.2 Å². The molecule has 1 aliphatic rings. The molecule has 1 heterocycles. The van der Waals surface area contributed by atoms with Crippen LogP contribution in [0.2, 0.25) is 0 Å². The van der Waals surface area contributed by atoms with E-state index in [9.17, 15) is 13.2 Å². The van der Waals surface area contributed by atoms with Crippen molar-refractivity contribution in [3.63, 3.8) is 0 Å². The summed E-state index contributed by atoms with van der Waals surface area (Å²) < 4.78 is 24.1. The molecule has 120 valence electrons. The Kier molecular flexibility index (Phi) is 4.19. The molecule has 23 heavy (non-hydrogen) atoms. The molecule has 0 aromatic heterocycles. The van der Waals surface area contributed by atoms with Gasteiger partial charge in [-0.1, -0.05) is 48.5 Å². The summed E-state index contributed by atoms with van der Waals surface area (Å²) in [7, 11) is -3.20. The maximum absolute atomic E-state index is 12.3. The van der Waals surface area contributed by atoms with Crippen LogP contribution < -0.4 is 5.32 Å². The number of nitrogens with one attached hydrogen (secondary N) is 1. The highest BCUT2D eigenvalue weighted by molar-refractivity contribution is 7.88. The third kappa shape index (κ3) is 3.43. The van der Waals surface area contributed by atoms with Gasteiger partial charge in [0, 0.05) is 24.3 Å². The van der Waals surface area contributed by atoms with Crippen molar-refractivity contribution in [3.05, 3.63) is 54.6 Å². The van der Waals surface area contributed by atoms with Crippen LogP contribution in [0.1, 0.15) is 0 Å². The smallest absolute Gasteiger partial charge is 0.230 e. The molecular formula is C17H18N2O3S. The number of amides is 1. The summed E-state index contributed by atoms with van der Waals surface area (Å²) in [5.74, 6) is -0.443. The van der Waals surface area contributed by atoms with E-state index in [4.69, 9.17) is 0 Å². The molecule has 2 aromatic carbocycles. The van der Waals surface area contributed by atoms with Gasteiger partial charge in [0.15, 0.2) is 0 Å². The number of hydrogen-bond donors (Lipinski definition) is 1. The maximum Gasteiger partial charge on any atom is 0.230 e. The molecule has 0 aliphatic carbocycles. The van der Waals surface area contributed by atoms with Gasteiger partial charge in [-0.3, -0.25) is 4.79 Å². The summed E-state index contributed by atoms with van der Waals surface area (Å²) in [6, 6.07) is 17.4. The first-order chi connectivity index (χ1) is 10.9. The lowest BCUT2D eigenvalue weighted by molar-refractivity contribution is -0.122. The number of carbonyl (C=O) groups is 1.